The lowest BCUT2D eigenvalue weighted by molar-refractivity contribution is -0.122. The van der Waals surface area contributed by atoms with Gasteiger partial charge in [-0.15, -0.1) is 0 Å². The molecule has 3 heteroatoms. The number of aryl methyl sites for hydroxylation is 2. The topological polar surface area (TPSA) is 32.3 Å². The molecular weight excluding hydrogens is 248 g/mol. The van der Waals surface area contributed by atoms with Gasteiger partial charge in [0.15, 0.2) is 0 Å². The Labute approximate surface area is 121 Å². The van der Waals surface area contributed by atoms with Crippen LogP contribution in [-0.2, 0) is 11.2 Å². The number of carbonyl (C=O) groups excluding carboxylic acids is 1. The molecule has 3 nitrogen and oxygen atoms in total. The van der Waals surface area contributed by atoms with Crippen molar-refractivity contribution in [1.29, 1.82) is 0 Å². The average molecular weight is 272 g/mol. The maximum atomic E-state index is 12.9. The molecule has 0 radical (unpaired) electrons. The minimum Gasteiger partial charge on any atom is -0.311 e. The summed E-state index contributed by atoms with van der Waals surface area (Å²) in [6.45, 7) is 6.13. The van der Waals surface area contributed by atoms with Crippen LogP contribution in [0.1, 0.15) is 37.3 Å². The molecule has 2 aliphatic heterocycles. The lowest BCUT2D eigenvalue weighted by Gasteiger charge is -2.36. The molecule has 1 aromatic carbocycles. The highest BCUT2D eigenvalue weighted by atomic mass is 16.2. The molecule has 1 N–H and O–H groups in total. The van der Waals surface area contributed by atoms with E-state index in [1.165, 1.54) is 17.5 Å². The first-order chi connectivity index (χ1) is 9.66. The summed E-state index contributed by atoms with van der Waals surface area (Å²) >= 11 is 0. The van der Waals surface area contributed by atoms with Gasteiger partial charge in [-0.25, -0.2) is 0 Å². The van der Waals surface area contributed by atoms with E-state index >= 15 is 0 Å². The van der Waals surface area contributed by atoms with E-state index in [-0.39, 0.29) is 11.9 Å². The number of anilines is 1. The van der Waals surface area contributed by atoms with E-state index in [2.05, 4.69) is 37.4 Å². The highest BCUT2D eigenvalue weighted by molar-refractivity contribution is 5.98. The normalized spacial score (nSPS) is 26.2. The molecule has 1 saturated heterocycles. The summed E-state index contributed by atoms with van der Waals surface area (Å²) in [5, 5.41) is 3.42. The molecule has 0 saturated carbocycles. The molecule has 108 valence electrons. The Hall–Kier alpha value is -1.35. The van der Waals surface area contributed by atoms with E-state index in [4.69, 9.17) is 0 Å². The van der Waals surface area contributed by atoms with Crippen molar-refractivity contribution in [3.8, 4) is 0 Å². The van der Waals surface area contributed by atoms with E-state index in [1.807, 2.05) is 4.90 Å². The summed E-state index contributed by atoms with van der Waals surface area (Å²) < 4.78 is 0. The van der Waals surface area contributed by atoms with Gasteiger partial charge in [0, 0.05) is 12.2 Å². The summed E-state index contributed by atoms with van der Waals surface area (Å²) in [6.07, 6.45) is 4.50. The molecule has 1 amide bonds. The second kappa shape index (κ2) is 5.57. The zero-order valence-corrected chi connectivity index (χ0v) is 12.5. The Morgan fingerprint density at radius 1 is 1.35 bits per heavy atom. The first-order valence-corrected chi connectivity index (χ1v) is 7.81. The van der Waals surface area contributed by atoms with Crippen molar-refractivity contribution in [2.24, 2.45) is 5.92 Å². The van der Waals surface area contributed by atoms with Crippen LogP contribution in [0.5, 0.6) is 0 Å². The molecule has 1 aromatic rings. The van der Waals surface area contributed by atoms with Crippen LogP contribution in [0.15, 0.2) is 18.2 Å². The highest BCUT2D eigenvalue weighted by Crippen LogP contribution is 2.30. The van der Waals surface area contributed by atoms with Crippen molar-refractivity contribution < 1.29 is 4.79 Å². The molecule has 0 spiro atoms. The lowest BCUT2D eigenvalue weighted by atomic mass is 9.90. The van der Waals surface area contributed by atoms with Crippen LogP contribution < -0.4 is 10.2 Å². The van der Waals surface area contributed by atoms with E-state index in [0.29, 0.717) is 5.92 Å². The Morgan fingerprint density at radius 3 is 3.00 bits per heavy atom. The number of piperidine rings is 1. The van der Waals surface area contributed by atoms with Gasteiger partial charge in [-0.2, -0.15) is 0 Å². The summed E-state index contributed by atoms with van der Waals surface area (Å²) in [5.74, 6) is 0.703. The number of carbonyl (C=O) groups is 1. The van der Waals surface area contributed by atoms with Crippen molar-refractivity contribution in [1.82, 2.24) is 5.32 Å². The number of hydrogen-bond acceptors (Lipinski definition) is 2. The van der Waals surface area contributed by atoms with Crippen molar-refractivity contribution in [2.45, 2.75) is 45.6 Å². The van der Waals surface area contributed by atoms with Gasteiger partial charge in [0.05, 0.1) is 6.04 Å². The number of nitrogens with one attached hydrogen (secondary N) is 1. The van der Waals surface area contributed by atoms with Crippen LogP contribution in [0, 0.1) is 12.8 Å². The van der Waals surface area contributed by atoms with E-state index in [9.17, 15) is 4.79 Å². The lowest BCUT2D eigenvalue weighted by Crippen LogP contribution is -2.53. The van der Waals surface area contributed by atoms with Crippen molar-refractivity contribution in [3.63, 3.8) is 0 Å². The molecule has 2 aliphatic rings. The average Bonchev–Trinajstić information content (AvgIpc) is 2.46. The van der Waals surface area contributed by atoms with Gasteiger partial charge in [0.2, 0.25) is 5.91 Å². The van der Waals surface area contributed by atoms with Gasteiger partial charge in [-0.05, 0) is 56.7 Å². The third-order valence-corrected chi connectivity index (χ3v) is 4.66. The zero-order chi connectivity index (χ0) is 14.1. The SMILES string of the molecule is Cc1ccc2c(c1)CCCN2C(=O)C1NCCCC1C. The van der Waals surface area contributed by atoms with Crippen LogP contribution in [0.25, 0.3) is 0 Å². The zero-order valence-electron chi connectivity index (χ0n) is 12.5. The Balaban J connectivity index is 1.86. The van der Waals surface area contributed by atoms with Gasteiger partial charge in [-0.3, -0.25) is 4.79 Å². The van der Waals surface area contributed by atoms with Crippen molar-refractivity contribution >= 4 is 11.6 Å². The van der Waals surface area contributed by atoms with E-state index in [1.54, 1.807) is 0 Å². The van der Waals surface area contributed by atoms with E-state index in [0.717, 1.165) is 38.0 Å². The first kappa shape index (κ1) is 13.6. The molecule has 3 rings (SSSR count). The number of rotatable bonds is 1. The molecule has 2 heterocycles. The van der Waals surface area contributed by atoms with Gasteiger partial charge < -0.3 is 10.2 Å². The number of amides is 1. The van der Waals surface area contributed by atoms with Gasteiger partial charge >= 0.3 is 0 Å². The Bertz CT molecular complexity index is 512. The molecule has 2 unspecified atom stereocenters. The van der Waals surface area contributed by atoms with Crippen molar-refractivity contribution in [2.75, 3.05) is 18.0 Å². The second-order valence-corrected chi connectivity index (χ2v) is 6.28. The fourth-order valence-electron chi connectivity index (χ4n) is 3.50. The second-order valence-electron chi connectivity index (χ2n) is 6.28. The number of hydrogen-bond donors (Lipinski definition) is 1. The van der Waals surface area contributed by atoms with Crippen LogP contribution in [0.3, 0.4) is 0 Å². The monoisotopic (exact) mass is 272 g/mol. The Morgan fingerprint density at radius 2 is 2.20 bits per heavy atom. The van der Waals surface area contributed by atoms with Crippen LogP contribution in [-0.4, -0.2) is 25.0 Å². The maximum Gasteiger partial charge on any atom is 0.244 e. The predicted octanol–water partition coefficient (Wildman–Crippen LogP) is 2.66. The van der Waals surface area contributed by atoms with Crippen LogP contribution in [0.2, 0.25) is 0 Å². The summed E-state index contributed by atoms with van der Waals surface area (Å²) in [5.41, 5.74) is 3.74. The molecule has 2 atom stereocenters. The third kappa shape index (κ3) is 2.47. The fourth-order valence-corrected chi connectivity index (χ4v) is 3.50. The molecular formula is C17H24N2O. The molecule has 0 aliphatic carbocycles. The summed E-state index contributed by atoms with van der Waals surface area (Å²) in [6, 6.07) is 6.46. The van der Waals surface area contributed by atoms with Gasteiger partial charge in [0.1, 0.15) is 0 Å². The van der Waals surface area contributed by atoms with Gasteiger partial charge in [0.25, 0.3) is 0 Å². The summed E-state index contributed by atoms with van der Waals surface area (Å²) in [7, 11) is 0. The minimum absolute atomic E-state index is 0.00370. The number of nitrogens with zero attached hydrogens (tertiary/aromatic N) is 1. The number of benzene rings is 1. The van der Waals surface area contributed by atoms with E-state index < -0.39 is 0 Å². The number of fused-ring (bicyclic) bond motifs is 1. The molecule has 20 heavy (non-hydrogen) atoms. The smallest absolute Gasteiger partial charge is 0.244 e. The Kier molecular flexibility index (Phi) is 3.79. The van der Waals surface area contributed by atoms with Crippen molar-refractivity contribution in [3.05, 3.63) is 29.3 Å². The largest absolute Gasteiger partial charge is 0.311 e. The standard InChI is InChI=1S/C17H24N2O/c1-12-7-8-15-14(11-12)6-4-10-19(15)17(20)16-13(2)5-3-9-18-16/h7-8,11,13,16,18H,3-6,9-10H2,1-2H3. The predicted molar refractivity (Wildman–Crippen MR) is 82.0 cm³/mol. The quantitative estimate of drug-likeness (QED) is 0.852. The molecule has 0 aromatic heterocycles. The van der Waals surface area contributed by atoms with Crippen LogP contribution >= 0.6 is 0 Å². The third-order valence-electron chi connectivity index (χ3n) is 4.66. The summed E-state index contributed by atoms with van der Waals surface area (Å²) in [4.78, 5) is 14.9. The maximum absolute atomic E-state index is 12.9. The highest BCUT2D eigenvalue weighted by Gasteiger charge is 2.33. The fraction of sp³-hybridized carbons (Fsp3) is 0.588. The molecule has 1 fully saturated rings. The van der Waals surface area contributed by atoms with Crippen LogP contribution in [0.4, 0.5) is 5.69 Å². The van der Waals surface area contributed by atoms with Gasteiger partial charge in [-0.1, -0.05) is 24.6 Å². The minimum atomic E-state index is -0.00370. The first-order valence-electron chi connectivity index (χ1n) is 7.81. The molecule has 0 bridgehead atoms.